The van der Waals surface area contributed by atoms with Crippen LogP contribution in [0.2, 0.25) is 0 Å². The van der Waals surface area contributed by atoms with Crippen molar-refractivity contribution in [3.63, 3.8) is 0 Å². The van der Waals surface area contributed by atoms with Crippen LogP contribution in [0.25, 0.3) is 0 Å². The van der Waals surface area contributed by atoms with Crippen molar-refractivity contribution in [3.8, 4) is 0 Å². The topological polar surface area (TPSA) is 19.4 Å². The van der Waals surface area contributed by atoms with E-state index in [1.165, 1.54) is 51.0 Å². The second kappa shape index (κ2) is 6.02. The van der Waals surface area contributed by atoms with Gasteiger partial charge in [-0.3, -0.25) is 9.88 Å². The van der Waals surface area contributed by atoms with Crippen LogP contribution >= 0.6 is 0 Å². The first kappa shape index (κ1) is 13.1. The minimum absolute atomic E-state index is 0.866. The molecule has 2 heterocycles. The van der Waals surface area contributed by atoms with Gasteiger partial charge in [-0.2, -0.15) is 0 Å². The number of pyridine rings is 1. The van der Waals surface area contributed by atoms with Crippen LogP contribution in [-0.4, -0.2) is 48.0 Å². The molecule has 1 aliphatic heterocycles. The Morgan fingerprint density at radius 3 is 2.63 bits per heavy atom. The Hall–Kier alpha value is -0.930. The number of hydrogen-bond donors (Lipinski definition) is 0. The molecule has 1 saturated heterocycles. The Kier molecular flexibility index (Phi) is 4.14. The Balaban J connectivity index is 1.42. The Morgan fingerprint density at radius 1 is 1.16 bits per heavy atom. The molecule has 1 aromatic rings. The summed E-state index contributed by atoms with van der Waals surface area (Å²) in [5.41, 5.74) is 1.39. The summed E-state index contributed by atoms with van der Waals surface area (Å²) in [5.74, 6) is 1.88. The summed E-state index contributed by atoms with van der Waals surface area (Å²) >= 11 is 0. The SMILES string of the molecule is CN(CC1CC1)C[C@H]1CCN(Cc2ccncc2)C1. The molecule has 0 bridgehead atoms. The molecule has 0 amide bonds. The molecular weight excluding hydrogens is 234 g/mol. The highest BCUT2D eigenvalue weighted by molar-refractivity contribution is 5.09. The van der Waals surface area contributed by atoms with E-state index in [1.807, 2.05) is 12.4 Å². The summed E-state index contributed by atoms with van der Waals surface area (Å²) in [7, 11) is 2.30. The fraction of sp³-hybridized carbons (Fsp3) is 0.688. The lowest BCUT2D eigenvalue weighted by molar-refractivity contribution is 0.253. The zero-order valence-electron chi connectivity index (χ0n) is 12.0. The Bertz CT molecular complexity index is 388. The van der Waals surface area contributed by atoms with E-state index in [2.05, 4.69) is 34.0 Å². The maximum absolute atomic E-state index is 4.08. The molecule has 19 heavy (non-hydrogen) atoms. The third-order valence-electron chi connectivity index (χ3n) is 4.36. The third-order valence-corrected chi connectivity index (χ3v) is 4.36. The highest BCUT2D eigenvalue weighted by atomic mass is 15.2. The maximum Gasteiger partial charge on any atom is 0.0271 e. The van der Waals surface area contributed by atoms with Crippen LogP contribution in [-0.2, 0) is 6.54 Å². The summed E-state index contributed by atoms with van der Waals surface area (Å²) in [6, 6.07) is 4.26. The second-order valence-electron chi connectivity index (χ2n) is 6.41. The predicted octanol–water partition coefficient (Wildman–Crippen LogP) is 2.25. The van der Waals surface area contributed by atoms with Gasteiger partial charge in [0.05, 0.1) is 0 Å². The molecule has 3 nitrogen and oxygen atoms in total. The van der Waals surface area contributed by atoms with E-state index in [0.29, 0.717) is 0 Å². The monoisotopic (exact) mass is 259 g/mol. The van der Waals surface area contributed by atoms with Gasteiger partial charge in [-0.15, -0.1) is 0 Å². The number of nitrogens with zero attached hydrogens (tertiary/aromatic N) is 3. The van der Waals surface area contributed by atoms with E-state index < -0.39 is 0 Å². The molecule has 0 radical (unpaired) electrons. The summed E-state index contributed by atoms with van der Waals surface area (Å²) in [5, 5.41) is 0. The first-order valence-electron chi connectivity index (χ1n) is 7.59. The molecule has 0 aromatic carbocycles. The van der Waals surface area contributed by atoms with E-state index in [0.717, 1.165) is 18.4 Å². The summed E-state index contributed by atoms with van der Waals surface area (Å²) in [6.07, 6.45) is 8.07. The van der Waals surface area contributed by atoms with Crippen molar-refractivity contribution in [1.29, 1.82) is 0 Å². The van der Waals surface area contributed by atoms with E-state index in [1.54, 1.807) is 0 Å². The van der Waals surface area contributed by atoms with E-state index >= 15 is 0 Å². The molecule has 1 aliphatic carbocycles. The third kappa shape index (κ3) is 4.02. The number of likely N-dealkylation sites (tertiary alicyclic amines) is 1. The molecule has 0 spiro atoms. The van der Waals surface area contributed by atoms with Crippen molar-refractivity contribution >= 4 is 0 Å². The van der Waals surface area contributed by atoms with Gasteiger partial charge in [-0.25, -0.2) is 0 Å². The van der Waals surface area contributed by atoms with Gasteiger partial charge in [0, 0.05) is 38.6 Å². The molecule has 104 valence electrons. The average Bonchev–Trinajstić information content (AvgIpc) is 3.11. The minimum atomic E-state index is 0.866. The van der Waals surface area contributed by atoms with Crippen LogP contribution in [0.15, 0.2) is 24.5 Å². The number of hydrogen-bond acceptors (Lipinski definition) is 3. The van der Waals surface area contributed by atoms with Gasteiger partial charge in [0.1, 0.15) is 0 Å². The first-order valence-corrected chi connectivity index (χ1v) is 7.59. The van der Waals surface area contributed by atoms with E-state index in [9.17, 15) is 0 Å². The highest BCUT2D eigenvalue weighted by Crippen LogP contribution is 2.30. The summed E-state index contributed by atoms with van der Waals surface area (Å²) < 4.78 is 0. The first-order chi connectivity index (χ1) is 9.29. The molecule has 2 fully saturated rings. The van der Waals surface area contributed by atoms with Crippen LogP contribution in [0.4, 0.5) is 0 Å². The zero-order chi connectivity index (χ0) is 13.1. The lowest BCUT2D eigenvalue weighted by Crippen LogP contribution is -2.29. The van der Waals surface area contributed by atoms with Crippen molar-refractivity contribution in [1.82, 2.24) is 14.8 Å². The molecule has 0 N–H and O–H groups in total. The standard InChI is InChI=1S/C16H25N3/c1-18(10-14-2-3-14)11-16-6-9-19(13-16)12-15-4-7-17-8-5-15/h4-5,7-8,14,16H,2-3,6,9-13H2,1H3/t16-/m1/s1. The van der Waals surface area contributed by atoms with Gasteiger partial charge in [0.25, 0.3) is 0 Å². The second-order valence-corrected chi connectivity index (χ2v) is 6.41. The predicted molar refractivity (Wildman–Crippen MR) is 77.8 cm³/mol. The van der Waals surface area contributed by atoms with Gasteiger partial charge in [-0.1, -0.05) is 0 Å². The fourth-order valence-electron chi connectivity index (χ4n) is 3.21. The lowest BCUT2D eigenvalue weighted by Gasteiger charge is -2.21. The van der Waals surface area contributed by atoms with Crippen molar-refractivity contribution in [2.75, 3.05) is 33.2 Å². The zero-order valence-corrected chi connectivity index (χ0v) is 12.0. The van der Waals surface area contributed by atoms with Gasteiger partial charge in [0.2, 0.25) is 0 Å². The largest absolute Gasteiger partial charge is 0.306 e. The van der Waals surface area contributed by atoms with Crippen molar-refractivity contribution < 1.29 is 0 Å². The Morgan fingerprint density at radius 2 is 1.89 bits per heavy atom. The maximum atomic E-state index is 4.08. The normalized spacial score (nSPS) is 24.2. The molecule has 1 aromatic heterocycles. The van der Waals surface area contributed by atoms with Gasteiger partial charge >= 0.3 is 0 Å². The Labute approximate surface area is 116 Å². The van der Waals surface area contributed by atoms with Crippen molar-refractivity contribution in [2.45, 2.75) is 25.8 Å². The van der Waals surface area contributed by atoms with E-state index in [4.69, 9.17) is 0 Å². The van der Waals surface area contributed by atoms with Crippen LogP contribution in [0, 0.1) is 11.8 Å². The minimum Gasteiger partial charge on any atom is -0.306 e. The van der Waals surface area contributed by atoms with Crippen LogP contribution in [0.1, 0.15) is 24.8 Å². The molecule has 3 rings (SSSR count). The average molecular weight is 259 g/mol. The summed E-state index contributed by atoms with van der Waals surface area (Å²) in [4.78, 5) is 9.22. The van der Waals surface area contributed by atoms with Crippen molar-refractivity contribution in [3.05, 3.63) is 30.1 Å². The molecule has 1 saturated carbocycles. The molecular formula is C16H25N3. The van der Waals surface area contributed by atoms with Gasteiger partial charge in [0.15, 0.2) is 0 Å². The summed E-state index contributed by atoms with van der Waals surface area (Å²) in [6.45, 7) is 6.21. The number of rotatable bonds is 6. The van der Waals surface area contributed by atoms with Gasteiger partial charge < -0.3 is 4.90 Å². The van der Waals surface area contributed by atoms with Crippen LogP contribution in [0.5, 0.6) is 0 Å². The van der Waals surface area contributed by atoms with Gasteiger partial charge in [-0.05, 0) is 62.4 Å². The molecule has 3 heteroatoms. The fourth-order valence-corrected chi connectivity index (χ4v) is 3.21. The van der Waals surface area contributed by atoms with E-state index in [-0.39, 0.29) is 0 Å². The van der Waals surface area contributed by atoms with Crippen molar-refractivity contribution in [2.24, 2.45) is 11.8 Å². The smallest absolute Gasteiger partial charge is 0.0271 e. The quantitative estimate of drug-likeness (QED) is 0.781. The molecule has 0 unspecified atom stereocenters. The van der Waals surface area contributed by atoms with Crippen LogP contribution in [0.3, 0.4) is 0 Å². The van der Waals surface area contributed by atoms with Crippen LogP contribution < -0.4 is 0 Å². The molecule has 2 aliphatic rings. The lowest BCUT2D eigenvalue weighted by atomic mass is 10.1. The molecule has 1 atom stereocenters. The number of aromatic nitrogens is 1. The highest BCUT2D eigenvalue weighted by Gasteiger charge is 2.26.